The number of ether oxygens (including phenoxy) is 1. The van der Waals surface area contributed by atoms with E-state index < -0.39 is 0 Å². The molecule has 4 N–H and O–H groups in total. The zero-order valence-corrected chi connectivity index (χ0v) is 20.3. The molecule has 5 rings (SSSR count). The lowest BCUT2D eigenvalue weighted by molar-refractivity contribution is 0.122. The number of anilines is 3. The Hall–Kier alpha value is -3.85. The summed E-state index contributed by atoms with van der Waals surface area (Å²) in [5, 5.41) is 6.43. The highest BCUT2D eigenvalue weighted by atomic mass is 19.1. The number of nitrogens with two attached hydrogens (primary N) is 1. The Morgan fingerprint density at radius 1 is 1.11 bits per heavy atom. The monoisotopic (exact) mass is 489 g/mol. The van der Waals surface area contributed by atoms with Crippen LogP contribution in [-0.4, -0.2) is 49.0 Å². The number of para-hydroxylation sites is 1. The zero-order chi connectivity index (χ0) is 24.9. The lowest BCUT2D eigenvalue weighted by atomic mass is 10.2. The molecule has 1 saturated carbocycles. The van der Waals surface area contributed by atoms with E-state index in [4.69, 9.17) is 15.5 Å². The molecule has 1 aliphatic carbocycles. The molecule has 188 valence electrons. The van der Waals surface area contributed by atoms with Crippen LogP contribution in [0, 0.1) is 5.82 Å². The van der Waals surface area contributed by atoms with Gasteiger partial charge in [0.1, 0.15) is 17.3 Å². The number of morpholine rings is 1. The van der Waals surface area contributed by atoms with Crippen molar-refractivity contribution in [3.05, 3.63) is 78.6 Å². The second kappa shape index (κ2) is 10.8. The lowest BCUT2D eigenvalue weighted by Crippen LogP contribution is -2.43. The van der Waals surface area contributed by atoms with Crippen LogP contribution in [0.2, 0.25) is 0 Å². The van der Waals surface area contributed by atoms with Crippen molar-refractivity contribution in [1.82, 2.24) is 4.90 Å². The molecular weight excluding hydrogens is 457 g/mol. The molecule has 2 aromatic rings. The van der Waals surface area contributed by atoms with Crippen molar-refractivity contribution in [3.8, 4) is 0 Å². The van der Waals surface area contributed by atoms with Gasteiger partial charge in [-0.1, -0.05) is 31.6 Å². The Kier molecular flexibility index (Phi) is 7.18. The predicted molar refractivity (Wildman–Crippen MR) is 143 cm³/mol. The van der Waals surface area contributed by atoms with Crippen molar-refractivity contribution in [2.45, 2.75) is 31.7 Å². The highest BCUT2D eigenvalue weighted by Crippen LogP contribution is 2.31. The van der Waals surface area contributed by atoms with Crippen molar-refractivity contribution in [1.29, 1.82) is 0 Å². The molecule has 8 nitrogen and oxygen atoms in total. The minimum atomic E-state index is -0.346. The van der Waals surface area contributed by atoms with E-state index in [0.717, 1.165) is 63.4 Å². The highest BCUT2D eigenvalue weighted by molar-refractivity contribution is 6.18. The SMILES string of the molecule is C=C(/N=C1\C(=C/N)N=C(Nc2ccccc2F)N1C1CCCC1)Nc1ccc(N2CCOCC2)cc1. The molecule has 0 bridgehead atoms. The largest absolute Gasteiger partial charge is 0.403 e. The standard InChI is InChI=1S/C27H32FN7O/c1-19(30-20-10-12-21(13-11-20)34-14-16-36-17-15-34)31-26-25(18-29)33-27(35(26)22-6-2-3-7-22)32-24-9-5-4-8-23(24)28/h4-5,8-13,18,22,30H,1-3,6-7,14-17,29H2,(H,32,33)/b25-18+,31-26+. The van der Waals surface area contributed by atoms with Gasteiger partial charge in [-0.05, 0) is 49.2 Å². The molecule has 0 unspecified atom stereocenters. The van der Waals surface area contributed by atoms with Gasteiger partial charge in [-0.25, -0.2) is 14.4 Å². The summed E-state index contributed by atoms with van der Waals surface area (Å²) in [4.78, 5) is 13.8. The number of halogens is 1. The maximum absolute atomic E-state index is 14.4. The molecule has 0 spiro atoms. The number of hydrogen-bond donors (Lipinski definition) is 3. The summed E-state index contributed by atoms with van der Waals surface area (Å²) in [5.41, 5.74) is 8.87. The Bertz CT molecular complexity index is 1180. The molecule has 2 aromatic carbocycles. The number of hydrogen-bond acceptors (Lipinski definition) is 7. The normalized spacial score (nSPS) is 20.8. The molecular formula is C27H32FN7O. The van der Waals surface area contributed by atoms with E-state index in [0.29, 0.717) is 29.0 Å². The minimum Gasteiger partial charge on any atom is -0.403 e. The van der Waals surface area contributed by atoms with E-state index >= 15 is 0 Å². The van der Waals surface area contributed by atoms with Gasteiger partial charge in [0.2, 0.25) is 5.96 Å². The fourth-order valence-corrected chi connectivity index (χ4v) is 4.84. The third-order valence-electron chi connectivity index (χ3n) is 6.65. The lowest BCUT2D eigenvalue weighted by Gasteiger charge is -2.29. The topological polar surface area (TPSA) is 90.5 Å². The van der Waals surface area contributed by atoms with Crippen molar-refractivity contribution in [3.63, 3.8) is 0 Å². The van der Waals surface area contributed by atoms with Gasteiger partial charge in [0.05, 0.1) is 18.9 Å². The van der Waals surface area contributed by atoms with Gasteiger partial charge < -0.3 is 26.0 Å². The fraction of sp³-hybridized carbons (Fsp3) is 0.333. The molecule has 0 atom stereocenters. The number of nitrogens with zero attached hydrogens (tertiary/aromatic N) is 4. The first-order chi connectivity index (χ1) is 17.6. The summed E-state index contributed by atoms with van der Waals surface area (Å²) >= 11 is 0. The average molecular weight is 490 g/mol. The van der Waals surface area contributed by atoms with Crippen LogP contribution in [0.25, 0.3) is 0 Å². The molecule has 0 radical (unpaired) electrons. The quantitative estimate of drug-likeness (QED) is 0.555. The third kappa shape index (κ3) is 5.21. The molecule has 0 amide bonds. The summed E-state index contributed by atoms with van der Waals surface area (Å²) in [5.74, 6) is 1.24. The van der Waals surface area contributed by atoms with E-state index in [1.54, 1.807) is 18.2 Å². The Morgan fingerprint density at radius 2 is 1.83 bits per heavy atom. The van der Waals surface area contributed by atoms with Gasteiger partial charge in [0.25, 0.3) is 0 Å². The van der Waals surface area contributed by atoms with Crippen LogP contribution in [0.4, 0.5) is 21.5 Å². The summed E-state index contributed by atoms with van der Waals surface area (Å²) in [6, 6.07) is 14.9. The molecule has 9 heteroatoms. The number of guanidine groups is 1. The highest BCUT2D eigenvalue weighted by Gasteiger charge is 2.36. The van der Waals surface area contributed by atoms with Gasteiger partial charge in [0, 0.05) is 36.7 Å². The second-order valence-electron chi connectivity index (χ2n) is 9.05. The van der Waals surface area contributed by atoms with Gasteiger partial charge in [0.15, 0.2) is 5.84 Å². The predicted octanol–water partition coefficient (Wildman–Crippen LogP) is 4.47. The molecule has 2 aliphatic heterocycles. The first-order valence-electron chi connectivity index (χ1n) is 12.4. The van der Waals surface area contributed by atoms with E-state index in [2.05, 4.69) is 39.2 Å². The molecule has 1 saturated heterocycles. The van der Waals surface area contributed by atoms with E-state index in [1.807, 2.05) is 17.0 Å². The Morgan fingerprint density at radius 3 is 2.53 bits per heavy atom. The number of nitrogens with one attached hydrogen (secondary N) is 2. The van der Waals surface area contributed by atoms with Crippen LogP contribution >= 0.6 is 0 Å². The van der Waals surface area contributed by atoms with Gasteiger partial charge in [-0.15, -0.1) is 0 Å². The first-order valence-corrected chi connectivity index (χ1v) is 12.4. The van der Waals surface area contributed by atoms with Crippen molar-refractivity contribution >= 4 is 28.9 Å². The molecule has 2 heterocycles. The van der Waals surface area contributed by atoms with Crippen LogP contribution in [0.15, 0.2) is 82.8 Å². The average Bonchev–Trinajstić information content (AvgIpc) is 3.54. The van der Waals surface area contributed by atoms with Gasteiger partial charge in [-0.3, -0.25) is 4.90 Å². The number of aliphatic imine (C=N–C) groups is 2. The number of rotatable bonds is 6. The second-order valence-corrected chi connectivity index (χ2v) is 9.05. The van der Waals surface area contributed by atoms with Crippen molar-refractivity contribution < 1.29 is 9.13 Å². The van der Waals surface area contributed by atoms with Crippen molar-refractivity contribution in [2.75, 3.05) is 41.8 Å². The summed E-state index contributed by atoms with van der Waals surface area (Å²) in [6.07, 6.45) is 5.67. The number of amidine groups is 1. The Balaban J connectivity index is 1.35. The number of benzene rings is 2. The van der Waals surface area contributed by atoms with Gasteiger partial charge in [-0.2, -0.15) is 0 Å². The van der Waals surface area contributed by atoms with E-state index in [-0.39, 0.29) is 11.9 Å². The Labute approximate surface area is 211 Å². The molecule has 36 heavy (non-hydrogen) atoms. The van der Waals surface area contributed by atoms with E-state index in [1.165, 1.54) is 12.3 Å². The third-order valence-corrected chi connectivity index (χ3v) is 6.65. The van der Waals surface area contributed by atoms with Crippen LogP contribution in [0.3, 0.4) is 0 Å². The molecule has 2 fully saturated rings. The van der Waals surface area contributed by atoms with Crippen molar-refractivity contribution in [2.24, 2.45) is 15.7 Å². The maximum Gasteiger partial charge on any atom is 0.210 e. The van der Waals surface area contributed by atoms with Crippen LogP contribution in [0.5, 0.6) is 0 Å². The van der Waals surface area contributed by atoms with E-state index in [9.17, 15) is 4.39 Å². The molecule has 3 aliphatic rings. The van der Waals surface area contributed by atoms with Crippen LogP contribution < -0.4 is 21.3 Å². The molecule has 0 aromatic heterocycles. The van der Waals surface area contributed by atoms with Gasteiger partial charge >= 0.3 is 0 Å². The summed E-state index contributed by atoms with van der Waals surface area (Å²) in [6.45, 7) is 7.41. The summed E-state index contributed by atoms with van der Waals surface area (Å²) < 4.78 is 19.8. The van der Waals surface area contributed by atoms with Crippen LogP contribution in [0.1, 0.15) is 25.7 Å². The zero-order valence-electron chi connectivity index (χ0n) is 20.3. The maximum atomic E-state index is 14.4. The first kappa shape index (κ1) is 23.9. The fourth-order valence-electron chi connectivity index (χ4n) is 4.84. The van der Waals surface area contributed by atoms with Crippen LogP contribution in [-0.2, 0) is 4.74 Å². The summed E-state index contributed by atoms with van der Waals surface area (Å²) in [7, 11) is 0. The smallest absolute Gasteiger partial charge is 0.210 e. The minimum absolute atomic E-state index is 0.194.